The number of anilines is 1. The number of benzene rings is 1. The van der Waals surface area contributed by atoms with Gasteiger partial charge in [-0.25, -0.2) is 4.79 Å². The van der Waals surface area contributed by atoms with Crippen molar-refractivity contribution in [3.63, 3.8) is 0 Å². The SMILES string of the molecule is CC(=O)SCCC(O)C(O)c1cccc(N)c1C(=O)O. The maximum absolute atomic E-state index is 11.2. The van der Waals surface area contributed by atoms with Crippen LogP contribution in [0.15, 0.2) is 18.2 Å². The average Bonchev–Trinajstić information content (AvgIpc) is 2.36. The van der Waals surface area contributed by atoms with Crippen molar-refractivity contribution in [2.24, 2.45) is 0 Å². The van der Waals surface area contributed by atoms with E-state index in [1.165, 1.54) is 25.1 Å². The molecule has 0 heterocycles. The van der Waals surface area contributed by atoms with Gasteiger partial charge in [0, 0.05) is 18.4 Å². The largest absolute Gasteiger partial charge is 0.478 e. The van der Waals surface area contributed by atoms with Crippen LogP contribution in [0.2, 0.25) is 0 Å². The van der Waals surface area contributed by atoms with Gasteiger partial charge < -0.3 is 21.1 Å². The molecule has 0 radical (unpaired) electrons. The summed E-state index contributed by atoms with van der Waals surface area (Å²) < 4.78 is 0. The van der Waals surface area contributed by atoms with Crippen LogP contribution in [-0.2, 0) is 4.79 Å². The summed E-state index contributed by atoms with van der Waals surface area (Å²) in [5.74, 6) is -0.916. The molecule has 0 bridgehead atoms. The van der Waals surface area contributed by atoms with Gasteiger partial charge in [0.15, 0.2) is 5.12 Å². The Balaban J connectivity index is 2.86. The van der Waals surface area contributed by atoms with Gasteiger partial charge in [-0.3, -0.25) is 4.79 Å². The first-order valence-electron chi connectivity index (χ1n) is 5.95. The lowest BCUT2D eigenvalue weighted by molar-refractivity contribution is -0.109. The highest BCUT2D eigenvalue weighted by molar-refractivity contribution is 8.13. The van der Waals surface area contributed by atoms with Crippen LogP contribution in [0.3, 0.4) is 0 Å². The van der Waals surface area contributed by atoms with Gasteiger partial charge in [0.05, 0.1) is 11.7 Å². The van der Waals surface area contributed by atoms with Gasteiger partial charge in [-0.15, -0.1) is 0 Å². The highest BCUT2D eigenvalue weighted by atomic mass is 32.2. The normalized spacial score (nSPS) is 13.8. The molecular weight excluding hydrogens is 282 g/mol. The fourth-order valence-corrected chi connectivity index (χ4v) is 2.42. The number of hydrogen-bond acceptors (Lipinski definition) is 6. The minimum absolute atomic E-state index is 0.0272. The highest BCUT2D eigenvalue weighted by Crippen LogP contribution is 2.27. The lowest BCUT2D eigenvalue weighted by atomic mass is 9.96. The molecule has 0 amide bonds. The van der Waals surface area contributed by atoms with Crippen LogP contribution in [0.5, 0.6) is 0 Å². The average molecular weight is 299 g/mol. The third-order valence-corrected chi connectivity index (χ3v) is 3.59. The lowest BCUT2D eigenvalue weighted by Crippen LogP contribution is -2.22. The number of nitrogen functional groups attached to an aromatic ring is 1. The molecule has 1 rings (SSSR count). The van der Waals surface area contributed by atoms with Crippen molar-refractivity contribution in [3.8, 4) is 0 Å². The molecule has 7 heteroatoms. The second kappa shape index (κ2) is 7.28. The standard InChI is InChI=1S/C13H17NO5S/c1-7(15)20-6-5-10(16)12(17)8-3-2-4-9(14)11(8)13(18)19/h2-4,10,12,16-17H,5-6,14H2,1H3,(H,18,19). The summed E-state index contributed by atoms with van der Waals surface area (Å²) in [6.45, 7) is 1.41. The van der Waals surface area contributed by atoms with Crippen LogP contribution in [0.1, 0.15) is 35.4 Å². The Hall–Kier alpha value is -1.57. The van der Waals surface area contributed by atoms with E-state index in [2.05, 4.69) is 0 Å². The van der Waals surface area contributed by atoms with E-state index >= 15 is 0 Å². The van der Waals surface area contributed by atoms with Gasteiger partial charge >= 0.3 is 5.97 Å². The molecule has 110 valence electrons. The number of carbonyl (C=O) groups excluding carboxylic acids is 1. The Morgan fingerprint density at radius 1 is 1.35 bits per heavy atom. The molecule has 5 N–H and O–H groups in total. The number of carboxylic acid groups (broad SMARTS) is 1. The first-order chi connectivity index (χ1) is 9.34. The predicted molar refractivity (Wildman–Crippen MR) is 76.5 cm³/mol. The summed E-state index contributed by atoms with van der Waals surface area (Å²) >= 11 is 1.03. The first kappa shape index (κ1) is 16.5. The molecule has 0 saturated carbocycles. The van der Waals surface area contributed by atoms with Gasteiger partial charge in [0.2, 0.25) is 0 Å². The predicted octanol–water partition coefficient (Wildman–Crippen LogP) is 1.03. The number of aliphatic hydroxyl groups excluding tert-OH is 2. The molecule has 1 aromatic carbocycles. The highest BCUT2D eigenvalue weighted by Gasteiger charge is 2.25. The molecule has 0 spiro atoms. The van der Waals surface area contributed by atoms with Crippen molar-refractivity contribution in [2.45, 2.75) is 25.6 Å². The van der Waals surface area contributed by atoms with Crippen LogP contribution in [0, 0.1) is 0 Å². The number of aromatic carboxylic acids is 1. The van der Waals surface area contributed by atoms with E-state index < -0.39 is 18.2 Å². The summed E-state index contributed by atoms with van der Waals surface area (Å²) in [5, 5.41) is 28.9. The number of carbonyl (C=O) groups is 2. The zero-order valence-corrected chi connectivity index (χ0v) is 11.8. The van der Waals surface area contributed by atoms with E-state index in [4.69, 9.17) is 10.8 Å². The zero-order valence-electron chi connectivity index (χ0n) is 10.9. The fraction of sp³-hybridized carbons (Fsp3) is 0.385. The maximum atomic E-state index is 11.2. The molecule has 1 aromatic rings. The van der Waals surface area contributed by atoms with Gasteiger partial charge in [-0.2, -0.15) is 0 Å². The summed E-state index contributed by atoms with van der Waals surface area (Å²) in [7, 11) is 0. The maximum Gasteiger partial charge on any atom is 0.338 e. The second-order valence-corrected chi connectivity index (χ2v) is 5.53. The third-order valence-electron chi connectivity index (χ3n) is 2.74. The van der Waals surface area contributed by atoms with Crippen LogP contribution in [0.25, 0.3) is 0 Å². The van der Waals surface area contributed by atoms with E-state index in [-0.39, 0.29) is 28.4 Å². The summed E-state index contributed by atoms with van der Waals surface area (Å²) in [4.78, 5) is 21.9. The summed E-state index contributed by atoms with van der Waals surface area (Å²) in [5.41, 5.74) is 5.46. The number of carboxylic acids is 1. The minimum atomic E-state index is -1.36. The van der Waals surface area contributed by atoms with Gasteiger partial charge in [-0.1, -0.05) is 23.9 Å². The third kappa shape index (κ3) is 4.22. The van der Waals surface area contributed by atoms with Crippen molar-refractivity contribution in [3.05, 3.63) is 29.3 Å². The van der Waals surface area contributed by atoms with Gasteiger partial charge in [-0.05, 0) is 18.1 Å². The second-order valence-electron chi connectivity index (χ2n) is 4.26. The van der Waals surface area contributed by atoms with E-state index in [0.29, 0.717) is 5.75 Å². The van der Waals surface area contributed by atoms with Crippen molar-refractivity contribution in [2.75, 3.05) is 11.5 Å². The van der Waals surface area contributed by atoms with Crippen molar-refractivity contribution >= 4 is 28.5 Å². The molecule has 0 aliphatic carbocycles. The number of hydrogen-bond donors (Lipinski definition) is 4. The molecule has 0 aliphatic heterocycles. The Labute approximate surface area is 120 Å². The van der Waals surface area contributed by atoms with Crippen LogP contribution >= 0.6 is 11.8 Å². The minimum Gasteiger partial charge on any atom is -0.478 e. The number of aliphatic hydroxyl groups is 2. The molecule has 0 aromatic heterocycles. The van der Waals surface area contributed by atoms with E-state index in [0.717, 1.165) is 11.8 Å². The van der Waals surface area contributed by atoms with Crippen LogP contribution < -0.4 is 5.73 Å². The van der Waals surface area contributed by atoms with Crippen LogP contribution in [-0.4, -0.2) is 38.3 Å². The van der Waals surface area contributed by atoms with Crippen molar-refractivity contribution in [1.29, 1.82) is 0 Å². The van der Waals surface area contributed by atoms with Gasteiger partial charge in [0.25, 0.3) is 0 Å². The van der Waals surface area contributed by atoms with Crippen LogP contribution in [0.4, 0.5) is 5.69 Å². The van der Waals surface area contributed by atoms with E-state index in [1.807, 2.05) is 0 Å². The molecule has 0 aliphatic rings. The molecule has 20 heavy (non-hydrogen) atoms. The molecular formula is C13H17NO5S. The molecule has 2 unspecified atom stereocenters. The molecule has 0 saturated heterocycles. The summed E-state index contributed by atoms with van der Waals surface area (Å²) in [6, 6.07) is 4.33. The lowest BCUT2D eigenvalue weighted by Gasteiger charge is -2.20. The Morgan fingerprint density at radius 3 is 2.55 bits per heavy atom. The molecule has 2 atom stereocenters. The molecule has 0 fully saturated rings. The smallest absolute Gasteiger partial charge is 0.338 e. The van der Waals surface area contributed by atoms with Crippen molar-refractivity contribution in [1.82, 2.24) is 0 Å². The Kier molecular flexibility index (Phi) is 6.00. The van der Waals surface area contributed by atoms with E-state index in [9.17, 15) is 19.8 Å². The number of rotatable bonds is 6. The zero-order chi connectivity index (χ0) is 15.3. The van der Waals surface area contributed by atoms with E-state index in [1.54, 1.807) is 0 Å². The fourth-order valence-electron chi connectivity index (χ4n) is 1.77. The van der Waals surface area contributed by atoms with Crippen molar-refractivity contribution < 1.29 is 24.9 Å². The topological polar surface area (TPSA) is 121 Å². The quantitative estimate of drug-likeness (QED) is 0.579. The Morgan fingerprint density at radius 2 is 2.00 bits per heavy atom. The molecule has 6 nitrogen and oxygen atoms in total. The van der Waals surface area contributed by atoms with Gasteiger partial charge in [0.1, 0.15) is 6.10 Å². The first-order valence-corrected chi connectivity index (χ1v) is 6.94. The number of nitrogens with two attached hydrogens (primary N) is 1. The summed E-state index contributed by atoms with van der Waals surface area (Å²) in [6.07, 6.45) is -2.36. The number of thioether (sulfide) groups is 1. The monoisotopic (exact) mass is 299 g/mol. The Bertz CT molecular complexity index is 506.